The van der Waals surface area contributed by atoms with Gasteiger partial charge in [-0.15, -0.1) is 11.5 Å². The van der Waals surface area contributed by atoms with Gasteiger partial charge >= 0.3 is 6.09 Å². The van der Waals surface area contributed by atoms with Crippen molar-refractivity contribution in [1.82, 2.24) is 4.90 Å². The van der Waals surface area contributed by atoms with Crippen LogP contribution in [0, 0.1) is 11.5 Å². The van der Waals surface area contributed by atoms with E-state index < -0.39 is 13.7 Å². The lowest BCUT2D eigenvalue weighted by Gasteiger charge is -2.50. The first-order valence-electron chi connectivity index (χ1n) is 12.2. The Morgan fingerprint density at radius 2 is 1.62 bits per heavy atom. The summed E-state index contributed by atoms with van der Waals surface area (Å²) in [6.45, 7) is 7.75. The molecule has 3 aliphatic rings. The van der Waals surface area contributed by atoms with Gasteiger partial charge in [0.15, 0.2) is 0 Å². The Morgan fingerprint density at radius 1 is 1.06 bits per heavy atom. The summed E-state index contributed by atoms with van der Waals surface area (Å²) in [6, 6.07) is 16.3. The van der Waals surface area contributed by atoms with E-state index in [1.807, 2.05) is 29.2 Å². The Kier molecular flexibility index (Phi) is 6.05. The molecule has 2 saturated heterocycles. The zero-order valence-electron chi connectivity index (χ0n) is 20.2. The van der Waals surface area contributed by atoms with Gasteiger partial charge in [0, 0.05) is 12.3 Å². The normalized spacial score (nSPS) is 25.7. The van der Waals surface area contributed by atoms with E-state index in [4.69, 9.17) is 9.47 Å². The van der Waals surface area contributed by atoms with Crippen LogP contribution in [-0.4, -0.2) is 61.7 Å². The zero-order valence-corrected chi connectivity index (χ0v) is 21.2. The van der Waals surface area contributed by atoms with E-state index in [0.717, 1.165) is 0 Å². The van der Waals surface area contributed by atoms with Gasteiger partial charge in [-0.2, -0.15) is 0 Å². The van der Waals surface area contributed by atoms with Crippen molar-refractivity contribution < 1.29 is 19.4 Å². The molecule has 0 saturated carbocycles. The third kappa shape index (κ3) is 4.53. The molecule has 1 amide bonds. The van der Waals surface area contributed by atoms with Gasteiger partial charge in [0.1, 0.15) is 14.7 Å². The van der Waals surface area contributed by atoms with Gasteiger partial charge in [-0.3, -0.25) is 4.90 Å². The van der Waals surface area contributed by atoms with Crippen LogP contribution in [0.25, 0.3) is 11.1 Å². The molecular weight excluding hydrogens is 442 g/mol. The van der Waals surface area contributed by atoms with Crippen molar-refractivity contribution in [3.8, 4) is 22.6 Å². The van der Waals surface area contributed by atoms with E-state index >= 15 is 0 Å². The van der Waals surface area contributed by atoms with E-state index in [1.165, 1.54) is 22.3 Å². The molecule has 2 bridgehead atoms. The van der Waals surface area contributed by atoms with Crippen LogP contribution in [0.15, 0.2) is 48.5 Å². The number of hydrogen-bond donors (Lipinski definition) is 1. The second-order valence-corrected chi connectivity index (χ2v) is 15.7. The molecule has 2 aliphatic heterocycles. The monoisotopic (exact) mass is 475 g/mol. The van der Waals surface area contributed by atoms with E-state index in [2.05, 4.69) is 55.4 Å². The molecule has 2 aromatic carbocycles. The molecule has 1 N–H and O–H groups in total. The number of rotatable bonds is 3. The SMILES string of the molecule is C[Si](C)(C)C#CCC1(O)CC2COCC(C1)N2C(=O)OCC1c2ccccc2-c2ccccc21. The van der Waals surface area contributed by atoms with E-state index in [0.29, 0.717) is 39.1 Å². The Balaban J connectivity index is 1.28. The number of fused-ring (bicyclic) bond motifs is 5. The number of nitrogens with zero attached hydrogens (tertiary/aromatic N) is 1. The highest BCUT2D eigenvalue weighted by molar-refractivity contribution is 6.83. The van der Waals surface area contributed by atoms with Crippen LogP contribution in [0.2, 0.25) is 19.6 Å². The minimum Gasteiger partial charge on any atom is -0.448 e. The second-order valence-electron chi connectivity index (χ2n) is 10.9. The van der Waals surface area contributed by atoms with Crippen LogP contribution in [0.3, 0.4) is 0 Å². The molecule has 6 heteroatoms. The maximum absolute atomic E-state index is 13.3. The number of carbonyl (C=O) groups is 1. The highest BCUT2D eigenvalue weighted by Crippen LogP contribution is 2.45. The van der Waals surface area contributed by atoms with Crippen LogP contribution >= 0.6 is 0 Å². The quantitative estimate of drug-likeness (QED) is 0.512. The van der Waals surface area contributed by atoms with E-state index in [1.54, 1.807) is 0 Å². The van der Waals surface area contributed by atoms with Crippen LogP contribution in [0.1, 0.15) is 36.3 Å². The number of morpholine rings is 1. The molecule has 5 nitrogen and oxygen atoms in total. The lowest BCUT2D eigenvalue weighted by atomic mass is 9.79. The fourth-order valence-corrected chi connectivity index (χ4v) is 6.28. The van der Waals surface area contributed by atoms with Gasteiger partial charge in [0.05, 0.1) is 30.9 Å². The summed E-state index contributed by atoms with van der Waals surface area (Å²) < 4.78 is 11.7. The Morgan fingerprint density at radius 3 is 2.18 bits per heavy atom. The zero-order chi connectivity index (χ0) is 23.9. The molecule has 1 aliphatic carbocycles. The minimum absolute atomic E-state index is 0.0333. The first-order chi connectivity index (χ1) is 16.2. The molecule has 2 aromatic rings. The molecule has 2 atom stereocenters. The third-order valence-electron chi connectivity index (χ3n) is 7.07. The van der Waals surface area contributed by atoms with Gasteiger partial charge < -0.3 is 14.6 Å². The Bertz CT molecular complexity index is 1090. The number of aliphatic hydroxyl groups is 1. The molecule has 178 valence electrons. The molecule has 0 aromatic heterocycles. The van der Waals surface area contributed by atoms with Crippen LogP contribution in [0.5, 0.6) is 0 Å². The number of piperidine rings is 1. The van der Waals surface area contributed by atoms with Crippen molar-refractivity contribution in [2.24, 2.45) is 0 Å². The number of ether oxygens (including phenoxy) is 2. The smallest absolute Gasteiger partial charge is 0.410 e. The molecule has 34 heavy (non-hydrogen) atoms. The summed E-state index contributed by atoms with van der Waals surface area (Å²) >= 11 is 0. The van der Waals surface area contributed by atoms with Crippen LogP contribution in [-0.2, 0) is 9.47 Å². The maximum Gasteiger partial charge on any atom is 0.410 e. The molecule has 2 heterocycles. The van der Waals surface area contributed by atoms with Crippen molar-refractivity contribution in [2.75, 3.05) is 19.8 Å². The molecule has 0 radical (unpaired) electrons. The summed E-state index contributed by atoms with van der Waals surface area (Å²) in [5.41, 5.74) is 7.31. The lowest BCUT2D eigenvalue weighted by molar-refractivity contribution is -0.131. The summed E-state index contributed by atoms with van der Waals surface area (Å²) in [4.78, 5) is 15.1. The fraction of sp³-hybridized carbons (Fsp3) is 0.464. The van der Waals surface area contributed by atoms with Crippen molar-refractivity contribution in [3.05, 3.63) is 59.7 Å². The first-order valence-corrected chi connectivity index (χ1v) is 15.7. The Hall–Kier alpha value is -2.59. The first kappa shape index (κ1) is 23.2. The predicted octanol–water partition coefficient (Wildman–Crippen LogP) is 4.80. The van der Waals surface area contributed by atoms with Gasteiger partial charge in [0.2, 0.25) is 0 Å². The second kappa shape index (κ2) is 8.88. The van der Waals surface area contributed by atoms with Crippen molar-refractivity contribution in [3.63, 3.8) is 0 Å². The van der Waals surface area contributed by atoms with E-state index in [-0.39, 0.29) is 24.1 Å². The van der Waals surface area contributed by atoms with Crippen LogP contribution < -0.4 is 0 Å². The highest BCUT2D eigenvalue weighted by atomic mass is 28.3. The summed E-state index contributed by atoms with van der Waals surface area (Å²) in [5, 5.41) is 11.3. The number of hydrogen-bond acceptors (Lipinski definition) is 4. The lowest BCUT2D eigenvalue weighted by Crippen LogP contribution is -2.63. The number of benzene rings is 2. The van der Waals surface area contributed by atoms with Gasteiger partial charge in [-0.1, -0.05) is 68.2 Å². The van der Waals surface area contributed by atoms with Crippen molar-refractivity contribution >= 4 is 14.2 Å². The number of amides is 1. The summed E-state index contributed by atoms with van der Waals surface area (Å²) in [7, 11) is -1.49. The predicted molar refractivity (Wildman–Crippen MR) is 135 cm³/mol. The van der Waals surface area contributed by atoms with Gasteiger partial charge in [-0.05, 0) is 35.1 Å². The van der Waals surface area contributed by atoms with Gasteiger partial charge in [-0.25, -0.2) is 4.79 Å². The number of carbonyl (C=O) groups excluding carboxylic acids is 1. The standard InChI is InChI=1S/C28H33NO4Si/c1-34(2,3)14-8-13-28(31)15-20-17-32-18-21(16-28)29(20)27(30)33-19-26-24-11-6-4-9-22(24)23-10-5-7-12-25(23)26/h4-7,9-12,20-21,26,31H,13,15-19H2,1-3H3. The van der Waals surface area contributed by atoms with Gasteiger partial charge in [0.25, 0.3) is 0 Å². The topological polar surface area (TPSA) is 59.0 Å². The maximum atomic E-state index is 13.3. The average molecular weight is 476 g/mol. The van der Waals surface area contributed by atoms with Crippen LogP contribution in [0.4, 0.5) is 4.79 Å². The molecule has 2 fully saturated rings. The molecule has 0 spiro atoms. The third-order valence-corrected chi connectivity index (χ3v) is 7.99. The minimum atomic E-state index is -1.49. The molecule has 2 unspecified atom stereocenters. The van der Waals surface area contributed by atoms with Crippen molar-refractivity contribution in [2.45, 2.75) is 62.5 Å². The largest absolute Gasteiger partial charge is 0.448 e. The molecular formula is C28H33NO4Si. The average Bonchev–Trinajstić information content (AvgIpc) is 3.10. The molecule has 5 rings (SSSR count). The van der Waals surface area contributed by atoms with E-state index in [9.17, 15) is 9.90 Å². The Labute approximate surface area is 203 Å². The van der Waals surface area contributed by atoms with Crippen molar-refractivity contribution in [1.29, 1.82) is 0 Å². The summed E-state index contributed by atoms with van der Waals surface area (Å²) in [6.07, 6.45) is 1.07. The highest BCUT2D eigenvalue weighted by Gasteiger charge is 2.48. The summed E-state index contributed by atoms with van der Waals surface area (Å²) in [5.74, 6) is 3.27. The fourth-order valence-electron chi connectivity index (χ4n) is 5.66.